The van der Waals surface area contributed by atoms with Gasteiger partial charge in [-0.1, -0.05) is 37.3 Å². The highest BCUT2D eigenvalue weighted by atomic mass is 16.6. The minimum absolute atomic E-state index is 0.164. The predicted molar refractivity (Wildman–Crippen MR) is 61.9 cm³/mol. The number of benzene rings is 1. The molecule has 0 aromatic heterocycles. The summed E-state index contributed by atoms with van der Waals surface area (Å²) in [4.78, 5) is 21.2. The Kier molecular flexibility index (Phi) is 5.26. The number of quaternary nitrogens is 1. The van der Waals surface area contributed by atoms with E-state index in [0.717, 1.165) is 5.56 Å². The lowest BCUT2D eigenvalue weighted by Gasteiger charge is -2.19. The van der Waals surface area contributed by atoms with Crippen LogP contribution in [-0.4, -0.2) is 23.0 Å². The first kappa shape index (κ1) is 14.1. The number of carbonyl (C=O) groups is 1. The molecule has 1 aromatic carbocycles. The third kappa shape index (κ3) is 3.81. The molecule has 1 rings (SSSR count). The molecule has 6 heteroatoms. The van der Waals surface area contributed by atoms with E-state index >= 15 is 0 Å². The van der Waals surface area contributed by atoms with Crippen molar-refractivity contribution in [2.24, 2.45) is 0 Å². The number of nitrogens with zero attached hydrogens (tertiary/aromatic N) is 1. The second-order valence-corrected chi connectivity index (χ2v) is 4.03. The largest absolute Gasteiger partial charge is 0.544 e. The summed E-state index contributed by atoms with van der Waals surface area (Å²) in [6.07, 6.45) is 0.164. The van der Waals surface area contributed by atoms with Gasteiger partial charge < -0.3 is 15.2 Å². The summed E-state index contributed by atoms with van der Waals surface area (Å²) in [5.74, 6) is -1.39. The maximum absolute atomic E-state index is 11.0. The highest BCUT2D eigenvalue weighted by Gasteiger charge is 2.33. The van der Waals surface area contributed by atoms with Crippen molar-refractivity contribution in [2.45, 2.75) is 32.0 Å². The Morgan fingerprint density at radius 1 is 1.39 bits per heavy atom. The number of hydrogen-bond acceptors (Lipinski definition) is 4. The molecule has 6 nitrogen and oxygen atoms in total. The molecule has 0 aliphatic rings. The molecule has 1 aromatic rings. The third-order valence-corrected chi connectivity index (χ3v) is 2.83. The second kappa shape index (κ2) is 6.70. The number of rotatable bonds is 7. The highest BCUT2D eigenvalue weighted by molar-refractivity contribution is 5.70. The van der Waals surface area contributed by atoms with Crippen LogP contribution in [0.3, 0.4) is 0 Å². The van der Waals surface area contributed by atoms with Gasteiger partial charge in [0, 0.05) is 16.9 Å². The Morgan fingerprint density at radius 3 is 2.44 bits per heavy atom. The molecule has 2 unspecified atom stereocenters. The Balaban J connectivity index is 2.69. The molecule has 0 bridgehead atoms. The van der Waals surface area contributed by atoms with Crippen LogP contribution in [0.4, 0.5) is 0 Å². The van der Waals surface area contributed by atoms with E-state index in [1.165, 1.54) is 5.32 Å². The van der Waals surface area contributed by atoms with Crippen molar-refractivity contribution < 1.29 is 20.1 Å². The zero-order valence-electron chi connectivity index (χ0n) is 10.1. The van der Waals surface area contributed by atoms with Crippen molar-refractivity contribution in [1.82, 2.24) is 0 Å². The first-order chi connectivity index (χ1) is 8.56. The summed E-state index contributed by atoms with van der Waals surface area (Å²) < 4.78 is 0. The predicted octanol–water partition coefficient (Wildman–Crippen LogP) is -1.08. The van der Waals surface area contributed by atoms with Crippen LogP contribution in [0.1, 0.15) is 18.9 Å². The van der Waals surface area contributed by atoms with E-state index in [2.05, 4.69) is 0 Å². The van der Waals surface area contributed by atoms with Gasteiger partial charge in [0.1, 0.15) is 12.5 Å². The monoisotopic (exact) mass is 252 g/mol. The van der Waals surface area contributed by atoms with Crippen molar-refractivity contribution in [3.8, 4) is 0 Å². The molecule has 0 saturated heterocycles. The quantitative estimate of drug-likeness (QED) is 0.493. The molecule has 0 amide bonds. The van der Waals surface area contributed by atoms with Crippen molar-refractivity contribution in [3.63, 3.8) is 0 Å². The number of nitro groups is 1. The molecule has 0 fully saturated rings. The van der Waals surface area contributed by atoms with E-state index in [4.69, 9.17) is 0 Å². The van der Waals surface area contributed by atoms with Crippen molar-refractivity contribution in [2.75, 3.05) is 0 Å². The minimum Gasteiger partial charge on any atom is -0.544 e. The molecule has 2 N–H and O–H groups in total. The standard InChI is InChI=1S/C12H16N2O4/c1-2-10(14(17)18)11(12(15)16)13-8-9-6-4-3-5-7-9/h3-7,10-11,13H,2,8H2,1H3,(H,15,16). The summed E-state index contributed by atoms with van der Waals surface area (Å²) in [5, 5.41) is 23.2. The van der Waals surface area contributed by atoms with Gasteiger partial charge in [-0.2, -0.15) is 0 Å². The minimum atomic E-state index is -1.39. The van der Waals surface area contributed by atoms with Gasteiger partial charge in [0.25, 0.3) is 6.04 Å². The fourth-order valence-electron chi connectivity index (χ4n) is 1.82. The van der Waals surface area contributed by atoms with Gasteiger partial charge in [0.2, 0.25) is 0 Å². The zero-order valence-corrected chi connectivity index (χ0v) is 10.1. The lowest BCUT2D eigenvalue weighted by Crippen LogP contribution is -2.94. The number of carbonyl (C=O) groups excluding carboxylic acids is 1. The van der Waals surface area contributed by atoms with Crippen LogP contribution in [0, 0.1) is 10.1 Å². The molecule has 0 aliphatic carbocycles. The van der Waals surface area contributed by atoms with E-state index < -0.39 is 23.0 Å². The summed E-state index contributed by atoms with van der Waals surface area (Å²) in [6.45, 7) is 1.98. The van der Waals surface area contributed by atoms with Crippen LogP contribution in [0.2, 0.25) is 0 Å². The fourth-order valence-corrected chi connectivity index (χ4v) is 1.82. The van der Waals surface area contributed by atoms with E-state index in [1.807, 2.05) is 30.3 Å². The van der Waals surface area contributed by atoms with Crippen molar-refractivity contribution >= 4 is 5.97 Å². The van der Waals surface area contributed by atoms with Crippen LogP contribution in [-0.2, 0) is 11.3 Å². The van der Waals surface area contributed by atoms with Crippen LogP contribution in [0.15, 0.2) is 30.3 Å². The number of nitrogens with two attached hydrogens (primary N) is 1. The van der Waals surface area contributed by atoms with Crippen LogP contribution in [0.25, 0.3) is 0 Å². The average molecular weight is 252 g/mol. The normalized spacial score (nSPS) is 13.8. The van der Waals surface area contributed by atoms with Crippen LogP contribution >= 0.6 is 0 Å². The maximum Gasteiger partial charge on any atom is 0.268 e. The van der Waals surface area contributed by atoms with Crippen LogP contribution < -0.4 is 10.4 Å². The van der Waals surface area contributed by atoms with E-state index in [0.29, 0.717) is 6.54 Å². The van der Waals surface area contributed by atoms with Gasteiger partial charge >= 0.3 is 0 Å². The summed E-state index contributed by atoms with van der Waals surface area (Å²) >= 11 is 0. The Hall–Kier alpha value is -1.95. The van der Waals surface area contributed by atoms with E-state index in [9.17, 15) is 20.0 Å². The van der Waals surface area contributed by atoms with Gasteiger partial charge in [-0.3, -0.25) is 10.1 Å². The number of carboxylic acid groups (broad SMARTS) is 1. The van der Waals surface area contributed by atoms with E-state index in [1.54, 1.807) is 6.92 Å². The molecule has 0 aliphatic heterocycles. The molecular formula is C12H16N2O4. The van der Waals surface area contributed by atoms with Gasteiger partial charge in [-0.15, -0.1) is 0 Å². The van der Waals surface area contributed by atoms with Gasteiger partial charge in [-0.05, 0) is 0 Å². The molecule has 18 heavy (non-hydrogen) atoms. The molecule has 98 valence electrons. The summed E-state index contributed by atoms with van der Waals surface area (Å²) in [6, 6.07) is 6.92. The first-order valence-electron chi connectivity index (χ1n) is 5.77. The molecule has 0 heterocycles. The maximum atomic E-state index is 11.0. The molecular weight excluding hydrogens is 236 g/mol. The zero-order chi connectivity index (χ0) is 13.5. The molecule has 0 radical (unpaired) electrons. The van der Waals surface area contributed by atoms with Crippen molar-refractivity contribution in [1.29, 1.82) is 0 Å². The molecule has 2 atom stereocenters. The lowest BCUT2D eigenvalue weighted by atomic mass is 10.1. The Labute approximate surface area is 105 Å². The van der Waals surface area contributed by atoms with Crippen molar-refractivity contribution in [3.05, 3.63) is 46.0 Å². The Morgan fingerprint density at radius 2 is 2.00 bits per heavy atom. The van der Waals surface area contributed by atoms with Gasteiger partial charge in [0.15, 0.2) is 6.04 Å². The fraction of sp³-hybridized carbons (Fsp3) is 0.417. The Bertz CT molecular complexity index is 408. The number of hydrogen-bond donors (Lipinski definition) is 1. The number of carboxylic acids is 1. The molecule has 0 saturated carbocycles. The SMILES string of the molecule is CCC(C([NH2+]Cc1ccccc1)C(=O)[O-])[N+](=O)[O-]. The lowest BCUT2D eigenvalue weighted by molar-refractivity contribution is -0.731. The molecule has 0 spiro atoms. The average Bonchev–Trinajstić information content (AvgIpc) is 2.34. The summed E-state index contributed by atoms with van der Waals surface area (Å²) in [7, 11) is 0. The van der Waals surface area contributed by atoms with Gasteiger partial charge in [-0.25, -0.2) is 0 Å². The topological polar surface area (TPSA) is 99.9 Å². The highest BCUT2D eigenvalue weighted by Crippen LogP contribution is 2.01. The second-order valence-electron chi connectivity index (χ2n) is 4.03. The van der Waals surface area contributed by atoms with Crippen LogP contribution in [0.5, 0.6) is 0 Å². The smallest absolute Gasteiger partial charge is 0.268 e. The third-order valence-electron chi connectivity index (χ3n) is 2.83. The number of aliphatic carboxylic acids is 1. The van der Waals surface area contributed by atoms with Gasteiger partial charge in [0.05, 0.1) is 0 Å². The van der Waals surface area contributed by atoms with E-state index in [-0.39, 0.29) is 6.42 Å². The first-order valence-corrected chi connectivity index (χ1v) is 5.77. The summed E-state index contributed by atoms with van der Waals surface area (Å²) in [5.41, 5.74) is 0.918.